The Morgan fingerprint density at radius 2 is 2.44 bits per heavy atom. The highest BCUT2D eigenvalue weighted by molar-refractivity contribution is 5.14. The van der Waals surface area contributed by atoms with Gasteiger partial charge in [0.2, 0.25) is 5.95 Å². The Bertz CT molecular complexity index is 187. The Labute approximate surface area is 52.1 Å². The molecule has 0 amide bonds. The van der Waals surface area contributed by atoms with Crippen LogP contribution in [0.3, 0.4) is 0 Å². The van der Waals surface area contributed by atoms with Gasteiger partial charge in [-0.25, -0.2) is 4.68 Å². The fourth-order valence-electron chi connectivity index (χ4n) is 0.518. The third kappa shape index (κ3) is 0.996. The lowest BCUT2D eigenvalue weighted by Crippen LogP contribution is -1.97. The number of aromatic nitrogens is 3. The summed E-state index contributed by atoms with van der Waals surface area (Å²) in [6, 6.07) is 0. The molecular weight excluding hydrogens is 120 g/mol. The number of nitrogens with zero attached hydrogens (tertiary/aromatic N) is 3. The molecule has 0 atom stereocenters. The lowest BCUT2D eigenvalue weighted by Gasteiger charge is -1.85. The summed E-state index contributed by atoms with van der Waals surface area (Å²) < 4.78 is 1.41. The van der Waals surface area contributed by atoms with E-state index < -0.39 is 0 Å². The van der Waals surface area contributed by atoms with Gasteiger partial charge in [-0.2, -0.15) is 10.1 Å². The monoisotopic (exact) mass is 128 g/mol. The van der Waals surface area contributed by atoms with Crippen LogP contribution in [0.25, 0.3) is 0 Å². The van der Waals surface area contributed by atoms with E-state index in [9.17, 15) is 0 Å². The topological polar surface area (TPSA) is 77.0 Å². The molecular formula is C4H8N4O. The molecule has 0 radical (unpaired) electrons. The summed E-state index contributed by atoms with van der Waals surface area (Å²) in [6.07, 6.45) is 0. The van der Waals surface area contributed by atoms with E-state index in [-0.39, 0.29) is 6.61 Å². The van der Waals surface area contributed by atoms with Gasteiger partial charge in [-0.1, -0.05) is 0 Å². The van der Waals surface area contributed by atoms with Crippen molar-refractivity contribution in [2.45, 2.75) is 6.61 Å². The molecule has 1 aromatic rings. The molecule has 5 heteroatoms. The molecule has 5 nitrogen and oxygen atoms in total. The maximum atomic E-state index is 8.48. The normalized spacial score (nSPS) is 10.0. The minimum Gasteiger partial charge on any atom is -0.388 e. The zero-order valence-electron chi connectivity index (χ0n) is 5.07. The van der Waals surface area contributed by atoms with Crippen molar-refractivity contribution < 1.29 is 5.11 Å². The fourth-order valence-corrected chi connectivity index (χ4v) is 0.518. The maximum Gasteiger partial charge on any atom is 0.218 e. The van der Waals surface area contributed by atoms with E-state index in [0.717, 1.165) is 0 Å². The Hall–Kier alpha value is -1.10. The SMILES string of the molecule is Cn1nc(CO)nc1N. The van der Waals surface area contributed by atoms with Gasteiger partial charge in [0.05, 0.1) is 0 Å². The van der Waals surface area contributed by atoms with Crippen LogP contribution in [-0.2, 0) is 13.7 Å². The van der Waals surface area contributed by atoms with E-state index in [1.165, 1.54) is 4.68 Å². The first-order valence-corrected chi connectivity index (χ1v) is 2.50. The van der Waals surface area contributed by atoms with Gasteiger partial charge in [0.1, 0.15) is 6.61 Å². The predicted molar refractivity (Wildman–Crippen MR) is 31.3 cm³/mol. The highest BCUT2D eigenvalue weighted by atomic mass is 16.3. The zero-order valence-corrected chi connectivity index (χ0v) is 5.07. The van der Waals surface area contributed by atoms with Crippen molar-refractivity contribution >= 4 is 5.95 Å². The average Bonchev–Trinajstić information content (AvgIpc) is 2.13. The quantitative estimate of drug-likeness (QED) is 0.502. The molecule has 50 valence electrons. The summed E-state index contributed by atoms with van der Waals surface area (Å²) in [7, 11) is 1.67. The number of anilines is 1. The van der Waals surface area contributed by atoms with E-state index in [1.54, 1.807) is 7.05 Å². The fraction of sp³-hybridized carbons (Fsp3) is 0.500. The van der Waals surface area contributed by atoms with Crippen molar-refractivity contribution in [3.05, 3.63) is 5.82 Å². The lowest BCUT2D eigenvalue weighted by molar-refractivity contribution is 0.271. The third-order valence-electron chi connectivity index (χ3n) is 0.982. The number of rotatable bonds is 1. The summed E-state index contributed by atoms with van der Waals surface area (Å²) in [4.78, 5) is 3.71. The number of nitrogen functional groups attached to an aromatic ring is 1. The summed E-state index contributed by atoms with van der Waals surface area (Å²) >= 11 is 0. The number of aliphatic hydroxyl groups is 1. The second-order valence-corrected chi connectivity index (χ2v) is 1.67. The van der Waals surface area contributed by atoms with Gasteiger partial charge in [-0.3, -0.25) is 0 Å². The Morgan fingerprint density at radius 3 is 2.67 bits per heavy atom. The van der Waals surface area contributed by atoms with Gasteiger partial charge in [0.25, 0.3) is 0 Å². The van der Waals surface area contributed by atoms with E-state index in [1.807, 2.05) is 0 Å². The minimum atomic E-state index is -0.162. The van der Waals surface area contributed by atoms with Crippen molar-refractivity contribution in [1.29, 1.82) is 0 Å². The molecule has 0 aliphatic carbocycles. The van der Waals surface area contributed by atoms with Crippen molar-refractivity contribution in [2.24, 2.45) is 7.05 Å². The molecule has 0 saturated heterocycles. The van der Waals surface area contributed by atoms with Gasteiger partial charge in [0.15, 0.2) is 5.82 Å². The third-order valence-corrected chi connectivity index (χ3v) is 0.982. The second-order valence-electron chi connectivity index (χ2n) is 1.67. The van der Waals surface area contributed by atoms with Crippen LogP contribution in [0.1, 0.15) is 5.82 Å². The van der Waals surface area contributed by atoms with Gasteiger partial charge in [-0.05, 0) is 0 Å². The molecule has 0 aliphatic rings. The van der Waals surface area contributed by atoms with Gasteiger partial charge in [-0.15, -0.1) is 0 Å². The maximum absolute atomic E-state index is 8.48. The van der Waals surface area contributed by atoms with E-state index in [0.29, 0.717) is 11.8 Å². The Balaban J connectivity index is 2.98. The lowest BCUT2D eigenvalue weighted by atomic mass is 10.7. The van der Waals surface area contributed by atoms with Crippen LogP contribution in [0.4, 0.5) is 5.95 Å². The first kappa shape index (κ1) is 6.03. The Kier molecular flexibility index (Phi) is 1.35. The van der Waals surface area contributed by atoms with Crippen LogP contribution >= 0.6 is 0 Å². The van der Waals surface area contributed by atoms with Gasteiger partial charge < -0.3 is 10.8 Å². The smallest absolute Gasteiger partial charge is 0.218 e. The largest absolute Gasteiger partial charge is 0.388 e. The molecule has 0 fully saturated rings. The molecule has 1 rings (SSSR count). The minimum absolute atomic E-state index is 0.162. The molecule has 9 heavy (non-hydrogen) atoms. The van der Waals surface area contributed by atoms with Gasteiger partial charge >= 0.3 is 0 Å². The zero-order chi connectivity index (χ0) is 6.85. The average molecular weight is 128 g/mol. The molecule has 0 aromatic carbocycles. The molecule has 0 aliphatic heterocycles. The molecule has 0 bridgehead atoms. The van der Waals surface area contributed by atoms with Crippen LogP contribution in [0.2, 0.25) is 0 Å². The molecule has 3 N–H and O–H groups in total. The highest BCUT2D eigenvalue weighted by Gasteiger charge is 1.99. The summed E-state index contributed by atoms with van der Waals surface area (Å²) in [5, 5.41) is 12.2. The first-order valence-electron chi connectivity index (χ1n) is 2.50. The van der Waals surface area contributed by atoms with Crippen molar-refractivity contribution in [1.82, 2.24) is 14.8 Å². The van der Waals surface area contributed by atoms with E-state index in [4.69, 9.17) is 10.8 Å². The van der Waals surface area contributed by atoms with E-state index >= 15 is 0 Å². The van der Waals surface area contributed by atoms with Crippen LogP contribution in [0.5, 0.6) is 0 Å². The van der Waals surface area contributed by atoms with Gasteiger partial charge in [0, 0.05) is 7.05 Å². The number of nitrogens with two attached hydrogens (primary N) is 1. The summed E-state index contributed by atoms with van der Waals surface area (Å²) in [5.74, 6) is 0.675. The van der Waals surface area contributed by atoms with Crippen LogP contribution in [0, 0.1) is 0 Å². The van der Waals surface area contributed by atoms with Crippen molar-refractivity contribution in [3.63, 3.8) is 0 Å². The highest BCUT2D eigenvalue weighted by Crippen LogP contribution is 1.95. The molecule has 1 heterocycles. The Morgan fingerprint density at radius 1 is 1.78 bits per heavy atom. The number of hydrogen-bond acceptors (Lipinski definition) is 4. The van der Waals surface area contributed by atoms with Crippen molar-refractivity contribution in [2.75, 3.05) is 5.73 Å². The number of aliphatic hydroxyl groups excluding tert-OH is 1. The van der Waals surface area contributed by atoms with Crippen LogP contribution in [-0.4, -0.2) is 19.9 Å². The summed E-state index contributed by atoms with van der Waals surface area (Å²) in [6.45, 7) is -0.162. The molecule has 0 spiro atoms. The molecule has 0 unspecified atom stereocenters. The molecule has 1 aromatic heterocycles. The predicted octanol–water partition coefficient (Wildman–Crippen LogP) is -1.11. The standard InChI is InChI=1S/C4H8N4O/c1-8-4(5)6-3(2-9)7-8/h9H,2H2,1H3,(H2,5,6,7). The number of hydrogen-bond donors (Lipinski definition) is 2. The van der Waals surface area contributed by atoms with Crippen LogP contribution < -0.4 is 5.73 Å². The number of aryl methyl sites for hydroxylation is 1. The first-order chi connectivity index (χ1) is 4.24. The van der Waals surface area contributed by atoms with E-state index in [2.05, 4.69) is 10.1 Å². The second kappa shape index (κ2) is 2.02. The van der Waals surface area contributed by atoms with Crippen LogP contribution in [0.15, 0.2) is 0 Å². The van der Waals surface area contributed by atoms with Crippen molar-refractivity contribution in [3.8, 4) is 0 Å². The summed E-state index contributed by atoms with van der Waals surface area (Å²) in [5.41, 5.74) is 5.29. The molecule has 0 saturated carbocycles.